The Morgan fingerprint density at radius 1 is 1.00 bits per heavy atom. The van der Waals surface area contributed by atoms with Crippen molar-refractivity contribution in [2.24, 2.45) is 0 Å². The van der Waals surface area contributed by atoms with E-state index in [1.807, 2.05) is 0 Å². The number of ether oxygens (including phenoxy) is 1. The average molecular weight is 569 g/mol. The van der Waals surface area contributed by atoms with E-state index < -0.39 is 11.7 Å². The average Bonchev–Trinajstić information content (AvgIpc) is 3.12. The molecule has 4 aliphatic rings. The summed E-state index contributed by atoms with van der Waals surface area (Å²) in [4.78, 5) is 29.6. The van der Waals surface area contributed by atoms with Crippen molar-refractivity contribution in [3.05, 3.63) is 11.8 Å². The van der Waals surface area contributed by atoms with Crippen molar-refractivity contribution >= 4 is 17.7 Å². The molecule has 13 heteroatoms. The van der Waals surface area contributed by atoms with Crippen LogP contribution in [0.5, 0.6) is 0 Å². The van der Waals surface area contributed by atoms with Gasteiger partial charge in [-0.1, -0.05) is 0 Å². The molecule has 1 saturated carbocycles. The number of aromatic nitrogens is 2. The van der Waals surface area contributed by atoms with E-state index in [1.54, 1.807) is 4.90 Å². The number of hydrogen-bond donors (Lipinski definition) is 2. The molecule has 224 valence electrons. The SMILES string of the molecule is CN1CCN(C2CCN(C3CC(Nc4ncc(C(F)(F)F)c(NCCCN5CCOCCC5=O)n4)C3)CC2)CC1. The van der Waals surface area contributed by atoms with Crippen LogP contribution in [0.1, 0.15) is 44.1 Å². The molecular weight excluding hydrogens is 525 g/mol. The lowest BCUT2D eigenvalue weighted by atomic mass is 9.84. The van der Waals surface area contributed by atoms with Crippen molar-refractivity contribution in [2.45, 2.75) is 62.8 Å². The summed E-state index contributed by atoms with van der Waals surface area (Å²) in [7, 11) is 2.19. The second-order valence-electron chi connectivity index (χ2n) is 11.6. The summed E-state index contributed by atoms with van der Waals surface area (Å²) in [6.45, 7) is 8.95. The largest absolute Gasteiger partial charge is 0.421 e. The number of amides is 1. The van der Waals surface area contributed by atoms with Crippen LogP contribution in [0.15, 0.2) is 6.20 Å². The zero-order chi connectivity index (χ0) is 28.1. The molecule has 2 N–H and O–H groups in total. The first-order valence-corrected chi connectivity index (χ1v) is 14.7. The topological polar surface area (TPSA) is 89.1 Å². The molecule has 4 heterocycles. The highest BCUT2D eigenvalue weighted by Crippen LogP contribution is 2.35. The number of piperazine rings is 1. The molecule has 0 radical (unpaired) electrons. The van der Waals surface area contributed by atoms with Gasteiger partial charge in [-0.25, -0.2) is 4.98 Å². The van der Waals surface area contributed by atoms with E-state index >= 15 is 0 Å². The van der Waals surface area contributed by atoms with Crippen molar-refractivity contribution in [1.29, 1.82) is 0 Å². The van der Waals surface area contributed by atoms with Gasteiger partial charge in [-0.05, 0) is 52.2 Å². The maximum Gasteiger partial charge on any atom is 0.421 e. The lowest BCUT2D eigenvalue weighted by Crippen LogP contribution is -2.56. The molecule has 0 unspecified atom stereocenters. The Kier molecular flexibility index (Phi) is 9.64. The van der Waals surface area contributed by atoms with Gasteiger partial charge in [-0.15, -0.1) is 0 Å². The van der Waals surface area contributed by atoms with Gasteiger partial charge in [0.05, 0.1) is 19.6 Å². The zero-order valence-electron chi connectivity index (χ0n) is 23.5. The van der Waals surface area contributed by atoms with Crippen LogP contribution >= 0.6 is 0 Å². The predicted octanol–water partition coefficient (Wildman–Crippen LogP) is 2.20. The molecule has 3 saturated heterocycles. The van der Waals surface area contributed by atoms with Crippen molar-refractivity contribution in [2.75, 3.05) is 89.8 Å². The Labute approximate surface area is 234 Å². The van der Waals surface area contributed by atoms with Gasteiger partial charge in [0.15, 0.2) is 0 Å². The number of likely N-dealkylation sites (tertiary alicyclic amines) is 1. The third kappa shape index (κ3) is 7.54. The maximum absolute atomic E-state index is 13.6. The number of hydrogen-bond acceptors (Lipinski definition) is 9. The first-order valence-electron chi connectivity index (χ1n) is 14.7. The molecule has 0 aromatic carbocycles. The number of piperidine rings is 1. The molecule has 0 spiro atoms. The van der Waals surface area contributed by atoms with E-state index in [4.69, 9.17) is 4.74 Å². The van der Waals surface area contributed by atoms with E-state index in [0.29, 0.717) is 51.2 Å². The van der Waals surface area contributed by atoms with E-state index in [0.717, 1.165) is 58.3 Å². The molecule has 5 rings (SSSR count). The van der Waals surface area contributed by atoms with Crippen LogP contribution in [0.4, 0.5) is 24.9 Å². The van der Waals surface area contributed by atoms with Gasteiger partial charge in [0.2, 0.25) is 11.9 Å². The van der Waals surface area contributed by atoms with Crippen LogP contribution in [-0.4, -0.2) is 133 Å². The fraction of sp³-hybridized carbons (Fsp3) is 0.815. The minimum absolute atomic E-state index is 0.0141. The first kappa shape index (κ1) is 29.3. The standard InChI is InChI=1S/C27H43F3N8O2/c1-35-10-12-37(13-11-35)21-3-8-36(9-4-21)22-17-20(18-22)33-26-32-19-23(27(28,29)30)25(34-26)31-6-2-7-38-14-16-40-15-5-24(38)39/h19-22H,2-18H2,1H3,(H2,31,32,33,34). The number of halogens is 3. The predicted molar refractivity (Wildman–Crippen MR) is 146 cm³/mol. The third-order valence-electron chi connectivity index (χ3n) is 8.83. The monoisotopic (exact) mass is 568 g/mol. The van der Waals surface area contributed by atoms with E-state index in [2.05, 4.69) is 42.3 Å². The van der Waals surface area contributed by atoms with Gasteiger partial charge in [0.1, 0.15) is 11.4 Å². The minimum atomic E-state index is -4.56. The summed E-state index contributed by atoms with van der Waals surface area (Å²) in [6, 6.07) is 1.34. The smallest absolute Gasteiger partial charge is 0.379 e. The summed E-state index contributed by atoms with van der Waals surface area (Å²) in [5, 5.41) is 6.09. The summed E-state index contributed by atoms with van der Waals surface area (Å²) in [6.07, 6.45) is 1.43. The van der Waals surface area contributed by atoms with Gasteiger partial charge in [0.25, 0.3) is 0 Å². The fourth-order valence-corrected chi connectivity index (χ4v) is 6.22. The van der Waals surface area contributed by atoms with Crippen LogP contribution in [0.2, 0.25) is 0 Å². The second-order valence-corrected chi connectivity index (χ2v) is 11.6. The lowest BCUT2D eigenvalue weighted by Gasteiger charge is -2.48. The van der Waals surface area contributed by atoms with Gasteiger partial charge < -0.3 is 30.1 Å². The fourth-order valence-electron chi connectivity index (χ4n) is 6.22. The Morgan fingerprint density at radius 2 is 1.73 bits per heavy atom. The van der Waals surface area contributed by atoms with Gasteiger partial charge in [-0.2, -0.15) is 18.2 Å². The summed E-state index contributed by atoms with van der Waals surface area (Å²) in [5.41, 5.74) is -0.882. The van der Waals surface area contributed by atoms with Crippen LogP contribution in [-0.2, 0) is 15.7 Å². The Hall–Kier alpha value is -2.22. The second kappa shape index (κ2) is 13.2. The molecule has 10 nitrogen and oxygen atoms in total. The molecule has 1 aliphatic carbocycles. The molecule has 0 bridgehead atoms. The number of rotatable bonds is 9. The van der Waals surface area contributed by atoms with E-state index in [1.165, 1.54) is 12.8 Å². The number of nitrogens with one attached hydrogen (secondary N) is 2. The van der Waals surface area contributed by atoms with Crippen molar-refractivity contribution < 1.29 is 22.7 Å². The minimum Gasteiger partial charge on any atom is -0.379 e. The maximum atomic E-state index is 13.6. The lowest BCUT2D eigenvalue weighted by molar-refractivity contribution is -0.137. The highest BCUT2D eigenvalue weighted by Gasteiger charge is 2.38. The molecule has 40 heavy (non-hydrogen) atoms. The van der Waals surface area contributed by atoms with Crippen LogP contribution in [0, 0.1) is 0 Å². The molecule has 0 atom stereocenters. The molecule has 1 amide bonds. The summed E-state index contributed by atoms with van der Waals surface area (Å²) < 4.78 is 46.2. The highest BCUT2D eigenvalue weighted by atomic mass is 19.4. The Bertz CT molecular complexity index is 977. The number of likely N-dealkylation sites (N-methyl/N-ethyl adjacent to an activating group) is 1. The number of carbonyl (C=O) groups excluding carboxylic acids is 1. The van der Waals surface area contributed by atoms with E-state index in [-0.39, 0.29) is 30.3 Å². The van der Waals surface area contributed by atoms with Crippen molar-refractivity contribution in [1.82, 2.24) is 29.6 Å². The Balaban J connectivity index is 1.07. The van der Waals surface area contributed by atoms with E-state index in [9.17, 15) is 18.0 Å². The van der Waals surface area contributed by atoms with Gasteiger partial charge in [-0.3, -0.25) is 9.69 Å². The number of alkyl halides is 3. The van der Waals surface area contributed by atoms with Crippen LogP contribution in [0.3, 0.4) is 0 Å². The Morgan fingerprint density at radius 3 is 2.45 bits per heavy atom. The molecule has 1 aromatic heterocycles. The highest BCUT2D eigenvalue weighted by molar-refractivity contribution is 5.76. The van der Waals surface area contributed by atoms with Crippen molar-refractivity contribution in [3.8, 4) is 0 Å². The zero-order valence-corrected chi connectivity index (χ0v) is 23.5. The molecule has 1 aromatic rings. The quantitative estimate of drug-likeness (QED) is 0.436. The van der Waals surface area contributed by atoms with Crippen LogP contribution in [0.25, 0.3) is 0 Å². The van der Waals surface area contributed by atoms with Gasteiger partial charge >= 0.3 is 6.18 Å². The number of carbonyl (C=O) groups is 1. The summed E-state index contributed by atoms with van der Waals surface area (Å²) in [5.74, 6) is 0.00477. The first-order chi connectivity index (χ1) is 19.3. The molecule has 3 aliphatic heterocycles. The molecule has 4 fully saturated rings. The number of nitrogens with zero attached hydrogens (tertiary/aromatic N) is 6. The number of anilines is 2. The molecular formula is C27H43F3N8O2. The third-order valence-corrected chi connectivity index (χ3v) is 8.83. The van der Waals surface area contributed by atoms with Crippen molar-refractivity contribution in [3.63, 3.8) is 0 Å². The van der Waals surface area contributed by atoms with Gasteiger partial charge in [0, 0.05) is 70.1 Å². The summed E-state index contributed by atoms with van der Waals surface area (Å²) >= 11 is 0. The van der Waals surface area contributed by atoms with Crippen LogP contribution < -0.4 is 10.6 Å². The normalized spacial score (nSPS) is 26.4.